The summed E-state index contributed by atoms with van der Waals surface area (Å²) in [7, 11) is 1.80. The van der Waals surface area contributed by atoms with Gasteiger partial charge in [0.1, 0.15) is 5.75 Å². The summed E-state index contributed by atoms with van der Waals surface area (Å²) in [5.41, 5.74) is 4.44. The summed E-state index contributed by atoms with van der Waals surface area (Å²) in [6, 6.07) is 8.60. The Morgan fingerprint density at radius 2 is 1.59 bits per heavy atom. The van der Waals surface area contributed by atoms with E-state index in [2.05, 4.69) is 31.2 Å². The quantitative estimate of drug-likeness (QED) is 0.713. The van der Waals surface area contributed by atoms with Crippen LogP contribution in [0.1, 0.15) is 29.5 Å². The minimum atomic E-state index is 1.11. The summed E-state index contributed by atoms with van der Waals surface area (Å²) >= 11 is 0. The van der Waals surface area contributed by atoms with Gasteiger partial charge in [0.05, 0.1) is 7.11 Å². The number of hydrogen-bond donors (Lipinski definition) is 0. The molecule has 0 heterocycles. The molecule has 0 atom stereocenters. The second-order valence-electron chi connectivity index (χ2n) is 4.87. The predicted octanol–water partition coefficient (Wildman–Crippen LogP) is 4.04. The smallest absolute Gasteiger partial charge is 0.130 e. The van der Waals surface area contributed by atoms with Crippen LogP contribution in [0.3, 0.4) is 0 Å². The first-order valence-electron chi connectivity index (χ1n) is 6.40. The van der Waals surface area contributed by atoms with E-state index < -0.39 is 0 Å². The number of ether oxygens (including phenoxy) is 1. The standard InChI is InChI=1S/C16H18O/c1-11-12-7-3-5-9-14(12)16(17-2)15-10-6-4-8-13(11)15/h3,5,7,9H,4,6,8,10H2,1-2H3. The summed E-state index contributed by atoms with van der Waals surface area (Å²) < 4.78 is 5.68. The summed E-state index contributed by atoms with van der Waals surface area (Å²) in [5.74, 6) is 1.11. The number of methoxy groups -OCH3 is 1. The van der Waals surface area contributed by atoms with E-state index in [1.807, 2.05) is 0 Å². The van der Waals surface area contributed by atoms with Crippen LogP contribution < -0.4 is 4.74 Å². The molecular formula is C16H18O. The molecule has 3 rings (SSSR count). The highest BCUT2D eigenvalue weighted by molar-refractivity contribution is 5.93. The molecule has 0 fully saturated rings. The number of hydrogen-bond acceptors (Lipinski definition) is 1. The topological polar surface area (TPSA) is 9.23 Å². The van der Waals surface area contributed by atoms with E-state index in [1.165, 1.54) is 53.1 Å². The fourth-order valence-electron chi connectivity index (χ4n) is 3.14. The molecular weight excluding hydrogens is 208 g/mol. The summed E-state index contributed by atoms with van der Waals surface area (Å²) in [5, 5.41) is 2.62. The van der Waals surface area contributed by atoms with Crippen LogP contribution >= 0.6 is 0 Å². The zero-order valence-electron chi connectivity index (χ0n) is 10.5. The largest absolute Gasteiger partial charge is 0.496 e. The Hall–Kier alpha value is -1.50. The highest BCUT2D eigenvalue weighted by Gasteiger charge is 2.19. The van der Waals surface area contributed by atoms with Gasteiger partial charge in [-0.1, -0.05) is 24.3 Å². The average molecular weight is 226 g/mol. The van der Waals surface area contributed by atoms with Crippen molar-refractivity contribution in [2.45, 2.75) is 32.6 Å². The van der Waals surface area contributed by atoms with Gasteiger partial charge in [0.2, 0.25) is 0 Å². The average Bonchev–Trinajstić information content (AvgIpc) is 2.40. The van der Waals surface area contributed by atoms with Crippen molar-refractivity contribution in [3.63, 3.8) is 0 Å². The number of fused-ring (bicyclic) bond motifs is 2. The van der Waals surface area contributed by atoms with E-state index in [9.17, 15) is 0 Å². The monoisotopic (exact) mass is 226 g/mol. The van der Waals surface area contributed by atoms with Crippen molar-refractivity contribution >= 4 is 10.8 Å². The molecule has 0 unspecified atom stereocenters. The Bertz CT molecular complexity index is 569. The first-order valence-corrected chi connectivity index (χ1v) is 6.40. The van der Waals surface area contributed by atoms with Crippen molar-refractivity contribution in [2.24, 2.45) is 0 Å². The van der Waals surface area contributed by atoms with Crippen LogP contribution in [-0.4, -0.2) is 7.11 Å². The van der Waals surface area contributed by atoms with Gasteiger partial charge in [-0.2, -0.15) is 0 Å². The Balaban J connectivity index is 2.43. The van der Waals surface area contributed by atoms with Crippen LogP contribution in [0.4, 0.5) is 0 Å². The summed E-state index contributed by atoms with van der Waals surface area (Å²) in [6.45, 7) is 2.26. The Morgan fingerprint density at radius 3 is 2.29 bits per heavy atom. The van der Waals surface area contributed by atoms with Crippen LogP contribution in [-0.2, 0) is 12.8 Å². The van der Waals surface area contributed by atoms with Gasteiger partial charge in [-0.25, -0.2) is 0 Å². The molecule has 2 aromatic carbocycles. The van der Waals surface area contributed by atoms with E-state index in [4.69, 9.17) is 4.74 Å². The maximum absolute atomic E-state index is 5.68. The molecule has 0 saturated heterocycles. The maximum Gasteiger partial charge on any atom is 0.130 e. The van der Waals surface area contributed by atoms with Crippen molar-refractivity contribution in [1.29, 1.82) is 0 Å². The Labute approximate surface area is 102 Å². The molecule has 0 N–H and O–H groups in total. The predicted molar refractivity (Wildman–Crippen MR) is 71.9 cm³/mol. The van der Waals surface area contributed by atoms with Gasteiger partial charge in [0.15, 0.2) is 0 Å². The van der Waals surface area contributed by atoms with Gasteiger partial charge >= 0.3 is 0 Å². The van der Waals surface area contributed by atoms with Crippen LogP contribution in [0.15, 0.2) is 24.3 Å². The molecule has 2 aromatic rings. The van der Waals surface area contributed by atoms with Gasteiger partial charge in [-0.05, 0) is 54.7 Å². The number of rotatable bonds is 1. The van der Waals surface area contributed by atoms with Crippen LogP contribution in [0.5, 0.6) is 5.75 Å². The molecule has 1 nitrogen and oxygen atoms in total. The van der Waals surface area contributed by atoms with Crippen molar-refractivity contribution in [3.05, 3.63) is 41.0 Å². The highest BCUT2D eigenvalue weighted by atomic mass is 16.5. The lowest BCUT2D eigenvalue weighted by Gasteiger charge is -2.23. The van der Waals surface area contributed by atoms with E-state index in [-0.39, 0.29) is 0 Å². The lowest BCUT2D eigenvalue weighted by molar-refractivity contribution is 0.411. The van der Waals surface area contributed by atoms with Crippen LogP contribution in [0, 0.1) is 6.92 Å². The minimum Gasteiger partial charge on any atom is -0.496 e. The van der Waals surface area contributed by atoms with Crippen molar-refractivity contribution in [3.8, 4) is 5.75 Å². The van der Waals surface area contributed by atoms with Crippen LogP contribution in [0.2, 0.25) is 0 Å². The molecule has 0 aromatic heterocycles. The van der Waals surface area contributed by atoms with E-state index in [0.717, 1.165) is 5.75 Å². The van der Waals surface area contributed by atoms with Crippen molar-refractivity contribution < 1.29 is 4.74 Å². The second-order valence-corrected chi connectivity index (χ2v) is 4.87. The van der Waals surface area contributed by atoms with Gasteiger partial charge in [-0.3, -0.25) is 0 Å². The van der Waals surface area contributed by atoms with E-state index >= 15 is 0 Å². The number of aryl methyl sites for hydroxylation is 1. The zero-order valence-corrected chi connectivity index (χ0v) is 10.5. The molecule has 17 heavy (non-hydrogen) atoms. The first kappa shape index (κ1) is 10.6. The molecule has 0 aliphatic heterocycles. The molecule has 0 saturated carbocycles. The number of benzene rings is 2. The normalized spacial score (nSPS) is 14.7. The van der Waals surface area contributed by atoms with Gasteiger partial charge in [0, 0.05) is 5.39 Å². The van der Waals surface area contributed by atoms with Gasteiger partial charge in [-0.15, -0.1) is 0 Å². The fraction of sp³-hybridized carbons (Fsp3) is 0.375. The molecule has 0 bridgehead atoms. The molecule has 1 aliphatic rings. The molecule has 88 valence electrons. The fourth-order valence-corrected chi connectivity index (χ4v) is 3.14. The molecule has 0 spiro atoms. The summed E-state index contributed by atoms with van der Waals surface area (Å²) in [4.78, 5) is 0. The first-order chi connectivity index (χ1) is 8.33. The lowest BCUT2D eigenvalue weighted by atomic mass is 9.85. The summed E-state index contributed by atoms with van der Waals surface area (Å²) in [6.07, 6.45) is 4.99. The van der Waals surface area contributed by atoms with Crippen molar-refractivity contribution in [1.82, 2.24) is 0 Å². The molecule has 0 amide bonds. The van der Waals surface area contributed by atoms with E-state index in [1.54, 1.807) is 7.11 Å². The van der Waals surface area contributed by atoms with Crippen LogP contribution in [0.25, 0.3) is 10.8 Å². The maximum atomic E-state index is 5.68. The Morgan fingerprint density at radius 1 is 0.941 bits per heavy atom. The highest BCUT2D eigenvalue weighted by Crippen LogP contribution is 2.39. The van der Waals surface area contributed by atoms with Crippen molar-refractivity contribution in [2.75, 3.05) is 7.11 Å². The molecule has 1 aliphatic carbocycles. The third kappa shape index (κ3) is 1.53. The Kier molecular flexibility index (Phi) is 2.54. The lowest BCUT2D eigenvalue weighted by Crippen LogP contribution is -2.08. The molecule has 1 heteroatoms. The minimum absolute atomic E-state index is 1.11. The van der Waals surface area contributed by atoms with Gasteiger partial charge < -0.3 is 4.74 Å². The zero-order chi connectivity index (χ0) is 11.8. The molecule has 0 radical (unpaired) electrons. The van der Waals surface area contributed by atoms with Gasteiger partial charge in [0.25, 0.3) is 0 Å². The third-order valence-electron chi connectivity index (χ3n) is 3.97. The third-order valence-corrected chi connectivity index (χ3v) is 3.97. The van der Waals surface area contributed by atoms with E-state index in [0.29, 0.717) is 0 Å². The SMILES string of the molecule is COc1c2c(c(C)c3ccccc13)CCCC2. The second kappa shape index (κ2) is 4.06.